The summed E-state index contributed by atoms with van der Waals surface area (Å²) >= 11 is 1.24. The van der Waals surface area contributed by atoms with E-state index < -0.39 is 0 Å². The maximum absolute atomic E-state index is 11.7. The fraction of sp³-hybridized carbons (Fsp3) is 0.375. The number of amides is 1. The number of aromatic nitrogens is 1. The number of carbonyl (C=O) groups is 1. The second-order valence-electron chi connectivity index (χ2n) is 5.31. The zero-order valence-electron chi connectivity index (χ0n) is 13.1. The van der Waals surface area contributed by atoms with Gasteiger partial charge >= 0.3 is 4.87 Å². The molecule has 0 aliphatic heterocycles. The summed E-state index contributed by atoms with van der Waals surface area (Å²) in [6.07, 6.45) is 0. The van der Waals surface area contributed by atoms with E-state index in [2.05, 4.69) is 10.2 Å². The van der Waals surface area contributed by atoms with E-state index in [9.17, 15) is 9.59 Å². The predicted octanol–water partition coefficient (Wildman–Crippen LogP) is 1.71. The molecule has 2 aromatic rings. The van der Waals surface area contributed by atoms with E-state index in [-0.39, 0.29) is 10.8 Å². The average Bonchev–Trinajstić information content (AvgIpc) is 2.84. The molecule has 1 aromatic carbocycles. The van der Waals surface area contributed by atoms with Crippen LogP contribution in [0.3, 0.4) is 0 Å². The number of benzene rings is 1. The average molecular weight is 319 g/mol. The number of nitrogens with one attached hydrogen (secondary N) is 1. The van der Waals surface area contributed by atoms with Gasteiger partial charge in [-0.2, -0.15) is 0 Å². The quantitative estimate of drug-likeness (QED) is 0.882. The summed E-state index contributed by atoms with van der Waals surface area (Å²) in [6.45, 7) is 4.23. The third-order valence-corrected chi connectivity index (χ3v) is 4.46. The van der Waals surface area contributed by atoms with E-state index in [0.717, 1.165) is 24.3 Å². The molecule has 0 aliphatic carbocycles. The lowest BCUT2D eigenvalue weighted by Crippen LogP contribution is -2.26. The van der Waals surface area contributed by atoms with Gasteiger partial charge in [-0.3, -0.25) is 9.59 Å². The third kappa shape index (κ3) is 4.05. The predicted molar refractivity (Wildman–Crippen MR) is 89.5 cm³/mol. The molecule has 0 aliphatic rings. The normalized spacial score (nSPS) is 10.9. The molecule has 0 atom stereocenters. The highest BCUT2D eigenvalue weighted by Crippen LogP contribution is 2.07. The van der Waals surface area contributed by atoms with Crippen LogP contribution in [0.1, 0.15) is 21.6 Å². The second-order valence-corrected chi connectivity index (χ2v) is 6.13. The first-order valence-corrected chi connectivity index (χ1v) is 8.03. The molecule has 0 saturated carbocycles. The summed E-state index contributed by atoms with van der Waals surface area (Å²) in [5, 5.41) is 4.50. The van der Waals surface area contributed by atoms with Crippen molar-refractivity contribution in [2.75, 3.05) is 20.6 Å². The van der Waals surface area contributed by atoms with E-state index in [1.54, 1.807) is 11.6 Å². The van der Waals surface area contributed by atoms with E-state index in [1.165, 1.54) is 11.3 Å². The third-order valence-electron chi connectivity index (χ3n) is 3.58. The van der Waals surface area contributed by atoms with Crippen molar-refractivity contribution >= 4 is 17.2 Å². The molecular weight excluding hydrogens is 298 g/mol. The Labute approximate surface area is 134 Å². The molecule has 5 nitrogen and oxygen atoms in total. The van der Waals surface area contributed by atoms with E-state index in [4.69, 9.17) is 0 Å². The molecule has 0 saturated heterocycles. The van der Waals surface area contributed by atoms with Crippen molar-refractivity contribution in [1.82, 2.24) is 14.8 Å². The lowest BCUT2D eigenvalue weighted by atomic mass is 10.1. The Morgan fingerprint density at radius 3 is 2.55 bits per heavy atom. The van der Waals surface area contributed by atoms with Gasteiger partial charge in [-0.15, -0.1) is 0 Å². The van der Waals surface area contributed by atoms with Crippen LogP contribution in [0.2, 0.25) is 0 Å². The number of thiazole rings is 1. The summed E-state index contributed by atoms with van der Waals surface area (Å²) in [6, 6.07) is 7.58. The molecule has 2 rings (SSSR count). The summed E-state index contributed by atoms with van der Waals surface area (Å²) in [5.74, 6) is -0.0767. The molecule has 0 bridgehead atoms. The second kappa shape index (κ2) is 7.38. The van der Waals surface area contributed by atoms with E-state index >= 15 is 0 Å². The van der Waals surface area contributed by atoms with Crippen molar-refractivity contribution in [1.29, 1.82) is 0 Å². The summed E-state index contributed by atoms with van der Waals surface area (Å²) < 4.78 is 1.80. The van der Waals surface area contributed by atoms with Gasteiger partial charge < -0.3 is 14.8 Å². The van der Waals surface area contributed by atoms with Crippen LogP contribution in [0.15, 0.2) is 34.4 Å². The lowest BCUT2D eigenvalue weighted by molar-refractivity contribution is 0.0963. The first-order valence-electron chi connectivity index (χ1n) is 7.15. The number of rotatable bonds is 6. The van der Waals surface area contributed by atoms with Gasteiger partial charge in [0.25, 0.3) is 5.91 Å². The minimum Gasteiger partial charge on any atom is -0.355 e. The minimum absolute atomic E-state index is 0.0767. The van der Waals surface area contributed by atoms with Gasteiger partial charge in [0, 0.05) is 43.3 Å². The molecule has 1 N–H and O–H groups in total. The van der Waals surface area contributed by atoms with Gasteiger partial charge in [0.05, 0.1) is 0 Å². The maximum atomic E-state index is 11.7. The highest BCUT2D eigenvalue weighted by atomic mass is 32.1. The lowest BCUT2D eigenvalue weighted by Gasteiger charge is -2.17. The molecule has 1 aromatic heterocycles. The minimum atomic E-state index is -0.0767. The van der Waals surface area contributed by atoms with Gasteiger partial charge in [-0.1, -0.05) is 23.5 Å². The van der Waals surface area contributed by atoms with Crippen LogP contribution in [0, 0.1) is 6.92 Å². The Balaban J connectivity index is 1.90. The van der Waals surface area contributed by atoms with Gasteiger partial charge in [0.1, 0.15) is 0 Å². The summed E-state index contributed by atoms with van der Waals surface area (Å²) in [4.78, 5) is 25.4. The number of likely N-dealkylation sites (N-methyl/N-ethyl adjacent to an activating group) is 1. The Hall–Kier alpha value is -1.92. The Bertz CT molecular complexity index is 688. The smallest absolute Gasteiger partial charge is 0.307 e. The number of hydrogen-bond donors (Lipinski definition) is 1. The topological polar surface area (TPSA) is 54.3 Å². The zero-order chi connectivity index (χ0) is 16.1. The van der Waals surface area contributed by atoms with Crippen LogP contribution >= 0.6 is 11.3 Å². The number of carbonyl (C=O) groups excluding carboxylic acids is 1. The van der Waals surface area contributed by atoms with Crippen molar-refractivity contribution in [3.8, 4) is 0 Å². The molecule has 0 radical (unpaired) electrons. The summed E-state index contributed by atoms with van der Waals surface area (Å²) in [5.41, 5.74) is 2.82. The van der Waals surface area contributed by atoms with Crippen molar-refractivity contribution in [2.45, 2.75) is 20.0 Å². The zero-order valence-corrected chi connectivity index (χ0v) is 13.9. The maximum Gasteiger partial charge on any atom is 0.307 e. The largest absolute Gasteiger partial charge is 0.355 e. The number of nitrogens with zero attached hydrogens (tertiary/aromatic N) is 2. The first-order chi connectivity index (χ1) is 10.5. The van der Waals surface area contributed by atoms with Crippen LogP contribution in [0.5, 0.6) is 0 Å². The van der Waals surface area contributed by atoms with Crippen LogP contribution in [-0.2, 0) is 13.1 Å². The molecular formula is C16H21N3O2S. The standard InChI is InChI=1S/C16H21N3O2S/c1-12-11-22-16(21)19(12)9-8-18(3)10-13-4-6-14(7-5-13)15(20)17-2/h4-7,11H,8-10H2,1-3H3,(H,17,20). The van der Waals surface area contributed by atoms with Crippen LogP contribution in [-0.4, -0.2) is 36.0 Å². The monoisotopic (exact) mass is 319 g/mol. The molecule has 22 heavy (non-hydrogen) atoms. The van der Waals surface area contributed by atoms with Gasteiger partial charge in [-0.05, 0) is 31.7 Å². The van der Waals surface area contributed by atoms with Crippen LogP contribution in [0.4, 0.5) is 0 Å². The SMILES string of the molecule is CNC(=O)c1ccc(CN(C)CCn2c(C)csc2=O)cc1. The van der Waals surface area contributed by atoms with Crippen molar-refractivity contribution in [2.24, 2.45) is 0 Å². The van der Waals surface area contributed by atoms with Crippen LogP contribution in [0.25, 0.3) is 0 Å². The van der Waals surface area contributed by atoms with E-state index in [1.807, 2.05) is 43.6 Å². The molecule has 0 spiro atoms. The molecule has 0 unspecified atom stereocenters. The molecule has 1 amide bonds. The van der Waals surface area contributed by atoms with Gasteiger partial charge in [-0.25, -0.2) is 0 Å². The van der Waals surface area contributed by atoms with E-state index in [0.29, 0.717) is 12.1 Å². The Morgan fingerprint density at radius 2 is 2.00 bits per heavy atom. The van der Waals surface area contributed by atoms with Crippen molar-refractivity contribution in [3.05, 3.63) is 56.1 Å². The van der Waals surface area contributed by atoms with Crippen molar-refractivity contribution in [3.63, 3.8) is 0 Å². The summed E-state index contributed by atoms with van der Waals surface area (Å²) in [7, 11) is 3.65. The van der Waals surface area contributed by atoms with Gasteiger partial charge in [0.15, 0.2) is 0 Å². The Kier molecular flexibility index (Phi) is 5.51. The first kappa shape index (κ1) is 16.5. The molecule has 6 heteroatoms. The molecule has 118 valence electrons. The Morgan fingerprint density at radius 1 is 1.32 bits per heavy atom. The highest BCUT2D eigenvalue weighted by molar-refractivity contribution is 7.07. The molecule has 1 heterocycles. The fourth-order valence-electron chi connectivity index (χ4n) is 2.24. The fourth-order valence-corrected chi connectivity index (χ4v) is 3.00. The number of hydrogen-bond acceptors (Lipinski definition) is 4. The van der Waals surface area contributed by atoms with Gasteiger partial charge in [0.2, 0.25) is 0 Å². The van der Waals surface area contributed by atoms with Crippen LogP contribution < -0.4 is 10.2 Å². The molecule has 0 fully saturated rings. The number of aryl methyl sites for hydroxylation is 1. The van der Waals surface area contributed by atoms with Crippen molar-refractivity contribution < 1.29 is 4.79 Å². The highest BCUT2D eigenvalue weighted by Gasteiger charge is 2.06.